The Morgan fingerprint density at radius 3 is 2.54 bits per heavy atom. The minimum absolute atomic E-state index is 0.0311. The Morgan fingerprint density at radius 2 is 1.86 bits per heavy atom. The lowest BCUT2D eigenvalue weighted by Gasteiger charge is -2.28. The van der Waals surface area contributed by atoms with E-state index in [1.807, 2.05) is 37.3 Å². The maximum atomic E-state index is 13.0. The molecule has 2 aromatic carbocycles. The van der Waals surface area contributed by atoms with Crippen molar-refractivity contribution in [3.05, 3.63) is 69.7 Å². The van der Waals surface area contributed by atoms with E-state index in [0.29, 0.717) is 18.8 Å². The molecule has 0 fully saturated rings. The Kier molecular flexibility index (Phi) is 9.06. The molecule has 0 radical (unpaired) electrons. The molecule has 0 spiro atoms. The summed E-state index contributed by atoms with van der Waals surface area (Å²) in [6, 6.07) is 15.6. The molecule has 0 aliphatic rings. The van der Waals surface area contributed by atoms with Gasteiger partial charge in [0.15, 0.2) is 0 Å². The van der Waals surface area contributed by atoms with Crippen molar-refractivity contribution in [2.24, 2.45) is 0 Å². The molecular weight excluding hydrogens is 436 g/mol. The maximum Gasteiger partial charge on any atom is 0.242 e. The van der Waals surface area contributed by atoms with E-state index < -0.39 is 6.04 Å². The third kappa shape index (κ3) is 6.99. The number of hydrogen-bond donors (Lipinski definition) is 1. The molecule has 0 aliphatic heterocycles. The van der Waals surface area contributed by atoms with Gasteiger partial charge in [-0.2, -0.15) is 0 Å². The van der Waals surface area contributed by atoms with E-state index in [0.717, 1.165) is 15.8 Å². The van der Waals surface area contributed by atoms with Crippen molar-refractivity contribution in [1.82, 2.24) is 10.2 Å². The number of carbonyl (C=O) groups is 2. The minimum atomic E-state index is -0.522. The van der Waals surface area contributed by atoms with Crippen molar-refractivity contribution in [1.29, 1.82) is 0 Å². The largest absolute Gasteiger partial charge is 0.355 e. The van der Waals surface area contributed by atoms with Gasteiger partial charge in [0.25, 0.3) is 0 Å². The third-order valence-electron chi connectivity index (χ3n) is 4.34. The molecule has 0 heterocycles. The number of likely N-dealkylation sites (N-methyl/N-ethyl adjacent to an activating group) is 1. The van der Waals surface area contributed by atoms with Crippen LogP contribution in [-0.4, -0.2) is 35.1 Å². The highest BCUT2D eigenvalue weighted by atomic mass is 79.9. The summed E-state index contributed by atoms with van der Waals surface area (Å²) < 4.78 is 0.955. The van der Waals surface area contributed by atoms with Gasteiger partial charge in [-0.05, 0) is 44.0 Å². The summed E-state index contributed by atoms with van der Waals surface area (Å²) in [6.45, 7) is 6.67. The van der Waals surface area contributed by atoms with Gasteiger partial charge in [0.05, 0.1) is 5.75 Å². The van der Waals surface area contributed by atoms with Gasteiger partial charge in [0.1, 0.15) is 6.04 Å². The van der Waals surface area contributed by atoms with E-state index in [-0.39, 0.29) is 11.8 Å². The number of amides is 2. The van der Waals surface area contributed by atoms with Crippen molar-refractivity contribution in [3.8, 4) is 0 Å². The average molecular weight is 463 g/mol. The van der Waals surface area contributed by atoms with Gasteiger partial charge < -0.3 is 10.2 Å². The second-order valence-electron chi connectivity index (χ2n) is 6.70. The zero-order valence-corrected chi connectivity index (χ0v) is 19.0. The first-order valence-corrected chi connectivity index (χ1v) is 11.3. The van der Waals surface area contributed by atoms with Crippen molar-refractivity contribution in [3.63, 3.8) is 0 Å². The highest BCUT2D eigenvalue weighted by Crippen LogP contribution is 2.18. The highest BCUT2D eigenvalue weighted by Gasteiger charge is 2.25. The number of nitrogens with zero attached hydrogens (tertiary/aromatic N) is 1. The summed E-state index contributed by atoms with van der Waals surface area (Å²) in [5, 5.41) is 2.82. The first-order valence-electron chi connectivity index (χ1n) is 9.35. The van der Waals surface area contributed by atoms with Crippen molar-refractivity contribution < 1.29 is 9.59 Å². The Hall–Kier alpha value is -1.79. The Morgan fingerprint density at radius 1 is 1.14 bits per heavy atom. The summed E-state index contributed by atoms with van der Waals surface area (Å²) in [5.74, 6) is 0.949. The minimum Gasteiger partial charge on any atom is -0.355 e. The Labute approximate surface area is 180 Å². The van der Waals surface area contributed by atoms with Crippen LogP contribution in [0.3, 0.4) is 0 Å². The van der Waals surface area contributed by atoms with Crippen molar-refractivity contribution in [2.75, 3.05) is 12.3 Å². The molecule has 6 heteroatoms. The van der Waals surface area contributed by atoms with Crippen molar-refractivity contribution in [2.45, 2.75) is 39.1 Å². The summed E-state index contributed by atoms with van der Waals surface area (Å²) in [6.07, 6.45) is 0. The average Bonchev–Trinajstić information content (AvgIpc) is 2.66. The van der Waals surface area contributed by atoms with Crippen LogP contribution in [0, 0.1) is 6.92 Å². The topological polar surface area (TPSA) is 49.4 Å². The van der Waals surface area contributed by atoms with Gasteiger partial charge in [-0.1, -0.05) is 57.9 Å². The second kappa shape index (κ2) is 11.3. The fraction of sp³-hybridized carbons (Fsp3) is 0.364. The lowest BCUT2D eigenvalue weighted by atomic mass is 10.1. The van der Waals surface area contributed by atoms with Crippen LogP contribution in [0.4, 0.5) is 0 Å². The number of benzene rings is 2. The Bertz CT molecular complexity index is 813. The molecule has 0 unspecified atom stereocenters. The molecular formula is C22H27BrN2O2S. The summed E-state index contributed by atoms with van der Waals surface area (Å²) >= 11 is 5.04. The van der Waals surface area contributed by atoms with Gasteiger partial charge in [0.2, 0.25) is 11.8 Å². The number of aryl methyl sites for hydroxylation is 1. The molecule has 150 valence electrons. The fourth-order valence-electron chi connectivity index (χ4n) is 2.88. The fourth-order valence-corrected chi connectivity index (χ4v) is 4.18. The van der Waals surface area contributed by atoms with Gasteiger partial charge in [0, 0.05) is 23.3 Å². The quantitative estimate of drug-likeness (QED) is 0.594. The molecule has 0 aliphatic carbocycles. The molecule has 2 aromatic rings. The highest BCUT2D eigenvalue weighted by molar-refractivity contribution is 9.10. The van der Waals surface area contributed by atoms with Crippen LogP contribution in [0.1, 0.15) is 30.5 Å². The van der Waals surface area contributed by atoms with Gasteiger partial charge in [-0.15, -0.1) is 11.8 Å². The van der Waals surface area contributed by atoms with Gasteiger partial charge in [-0.3, -0.25) is 9.59 Å². The van der Waals surface area contributed by atoms with Crippen LogP contribution in [0.25, 0.3) is 0 Å². The van der Waals surface area contributed by atoms with Crippen LogP contribution in [0.5, 0.6) is 0 Å². The molecule has 2 amide bonds. The van der Waals surface area contributed by atoms with Crippen LogP contribution >= 0.6 is 27.7 Å². The number of rotatable bonds is 9. The van der Waals surface area contributed by atoms with E-state index in [1.54, 1.807) is 23.6 Å². The zero-order valence-electron chi connectivity index (χ0n) is 16.6. The number of hydrogen-bond acceptors (Lipinski definition) is 3. The number of halogens is 1. The molecule has 0 saturated heterocycles. The van der Waals surface area contributed by atoms with Crippen molar-refractivity contribution >= 4 is 39.5 Å². The predicted octanol–water partition coefficient (Wildman–Crippen LogP) is 4.54. The number of nitrogens with one attached hydrogen (secondary N) is 1. The normalized spacial score (nSPS) is 11.7. The van der Waals surface area contributed by atoms with Crippen LogP contribution in [-0.2, 0) is 21.9 Å². The van der Waals surface area contributed by atoms with Crippen LogP contribution in [0.15, 0.2) is 53.0 Å². The summed E-state index contributed by atoms with van der Waals surface area (Å²) in [4.78, 5) is 27.0. The second-order valence-corrected chi connectivity index (χ2v) is 8.61. The van der Waals surface area contributed by atoms with Crippen LogP contribution < -0.4 is 5.32 Å². The molecule has 0 saturated carbocycles. The lowest BCUT2D eigenvalue weighted by Crippen LogP contribution is -2.48. The number of thioether (sulfide) groups is 1. The number of carbonyl (C=O) groups excluding carboxylic acids is 2. The molecule has 28 heavy (non-hydrogen) atoms. The summed E-state index contributed by atoms with van der Waals surface area (Å²) in [7, 11) is 0. The maximum absolute atomic E-state index is 13.0. The first kappa shape index (κ1) is 22.5. The molecule has 4 nitrogen and oxygen atoms in total. The predicted molar refractivity (Wildman–Crippen MR) is 120 cm³/mol. The Balaban J connectivity index is 2.05. The molecule has 1 atom stereocenters. The summed E-state index contributed by atoms with van der Waals surface area (Å²) in [5.41, 5.74) is 3.40. The molecule has 2 rings (SSSR count). The first-order chi connectivity index (χ1) is 13.4. The van der Waals surface area contributed by atoms with E-state index in [4.69, 9.17) is 0 Å². The molecule has 0 bridgehead atoms. The van der Waals surface area contributed by atoms with E-state index in [9.17, 15) is 9.59 Å². The van der Waals surface area contributed by atoms with E-state index >= 15 is 0 Å². The standard InChI is InChI=1S/C22H27BrN2O2S/c1-4-24-22(27)17(3)25(13-18-8-6-10-20(23)12-18)21(26)15-28-14-19-9-5-7-16(2)11-19/h5-12,17H,4,13-15H2,1-3H3,(H,24,27)/t17-/m1/s1. The molecule has 1 N–H and O–H groups in total. The third-order valence-corrected chi connectivity index (χ3v) is 5.82. The monoisotopic (exact) mass is 462 g/mol. The van der Waals surface area contributed by atoms with Gasteiger partial charge >= 0.3 is 0 Å². The van der Waals surface area contributed by atoms with E-state index in [2.05, 4.69) is 46.4 Å². The zero-order chi connectivity index (χ0) is 20.5. The lowest BCUT2D eigenvalue weighted by molar-refractivity contribution is -0.138. The van der Waals surface area contributed by atoms with Crippen LogP contribution in [0.2, 0.25) is 0 Å². The van der Waals surface area contributed by atoms with E-state index in [1.165, 1.54) is 11.1 Å². The SMILES string of the molecule is CCNC(=O)[C@@H](C)N(Cc1cccc(Br)c1)C(=O)CSCc1cccc(C)c1. The molecule has 0 aromatic heterocycles. The smallest absolute Gasteiger partial charge is 0.242 e. The van der Waals surface area contributed by atoms with Gasteiger partial charge in [-0.25, -0.2) is 0 Å².